The molecule has 0 amide bonds. The molecule has 3 fully saturated rings. The molecule has 4 nitrogen and oxygen atoms in total. The predicted octanol–water partition coefficient (Wildman–Crippen LogP) is -1.49. The first kappa shape index (κ1) is 6.54. The Morgan fingerprint density at radius 2 is 1.30 bits per heavy atom. The molecule has 3 rings (SSSR count). The van der Waals surface area contributed by atoms with E-state index in [0.717, 1.165) is 0 Å². The molecule has 3 aliphatic heterocycles. The van der Waals surface area contributed by atoms with Gasteiger partial charge in [0.25, 0.3) is 0 Å². The third kappa shape index (κ3) is 0.769. The summed E-state index contributed by atoms with van der Waals surface area (Å²) in [5, 5.41) is 18.4. The molecule has 0 radical (unpaired) electrons. The van der Waals surface area contributed by atoms with Crippen LogP contribution in [0.15, 0.2) is 0 Å². The van der Waals surface area contributed by atoms with Crippen molar-refractivity contribution in [3.63, 3.8) is 0 Å². The second kappa shape index (κ2) is 2.17. The maximum Gasteiger partial charge on any atom is 0.111 e. The molecule has 58 valence electrons. The topological polar surface area (TPSA) is 58.9 Å². The van der Waals surface area contributed by atoms with E-state index < -0.39 is 12.2 Å². The Hall–Kier alpha value is -0.160. The number of aliphatic hydroxyl groups excluding tert-OH is 2. The van der Waals surface area contributed by atoms with Crippen LogP contribution in [0.3, 0.4) is 0 Å². The smallest absolute Gasteiger partial charge is 0.111 e. The van der Waals surface area contributed by atoms with E-state index in [4.69, 9.17) is 9.47 Å². The van der Waals surface area contributed by atoms with Crippen LogP contribution in [0, 0.1) is 0 Å². The van der Waals surface area contributed by atoms with Crippen LogP contribution in [0.5, 0.6) is 0 Å². The molecule has 0 saturated carbocycles. The zero-order valence-electron chi connectivity index (χ0n) is 5.43. The molecule has 0 aromatic heterocycles. The highest BCUT2D eigenvalue weighted by atomic mass is 16.6. The first-order valence-corrected chi connectivity index (χ1v) is 3.38. The SMILES string of the molecule is O[C@@H]1[C@H](O)[C@H]2CO[C@@H]1CO2. The van der Waals surface area contributed by atoms with Gasteiger partial charge in [-0.15, -0.1) is 0 Å². The Labute approximate surface area is 58.4 Å². The maximum atomic E-state index is 9.21. The van der Waals surface area contributed by atoms with Gasteiger partial charge in [-0.3, -0.25) is 0 Å². The van der Waals surface area contributed by atoms with E-state index in [0.29, 0.717) is 13.2 Å². The van der Waals surface area contributed by atoms with Crippen molar-refractivity contribution in [2.45, 2.75) is 24.4 Å². The normalized spacial score (nSPS) is 53.4. The highest BCUT2D eigenvalue weighted by molar-refractivity contribution is 4.91. The summed E-state index contributed by atoms with van der Waals surface area (Å²) in [6.07, 6.45) is -2.15. The van der Waals surface area contributed by atoms with E-state index in [1.54, 1.807) is 0 Å². The summed E-state index contributed by atoms with van der Waals surface area (Å²) in [6, 6.07) is 0. The predicted molar refractivity (Wildman–Crippen MR) is 31.5 cm³/mol. The number of fused-ring (bicyclic) bond motifs is 3. The lowest BCUT2D eigenvalue weighted by Crippen LogP contribution is -2.60. The van der Waals surface area contributed by atoms with Crippen molar-refractivity contribution in [1.29, 1.82) is 0 Å². The zero-order chi connectivity index (χ0) is 7.14. The van der Waals surface area contributed by atoms with Crippen LogP contribution in [-0.4, -0.2) is 47.8 Å². The standard InChI is InChI=1S/C6H10O4/c7-5-3-1-9-4(2-10-3)6(5)8/h3-8H,1-2H2/t3-,4-,5-,6+/m1/s1. The molecule has 0 aromatic rings. The molecule has 4 atom stereocenters. The molecule has 3 heterocycles. The largest absolute Gasteiger partial charge is 0.388 e. The van der Waals surface area contributed by atoms with Crippen LogP contribution in [0.4, 0.5) is 0 Å². The molecule has 0 aromatic carbocycles. The highest BCUT2D eigenvalue weighted by Gasteiger charge is 2.43. The fourth-order valence-electron chi connectivity index (χ4n) is 1.37. The average molecular weight is 146 g/mol. The summed E-state index contributed by atoms with van der Waals surface area (Å²) in [7, 11) is 0. The molecule has 4 heteroatoms. The summed E-state index contributed by atoms with van der Waals surface area (Å²) in [4.78, 5) is 0. The Morgan fingerprint density at radius 3 is 1.50 bits per heavy atom. The van der Waals surface area contributed by atoms with Crippen LogP contribution in [0.1, 0.15) is 0 Å². The number of hydrogen-bond acceptors (Lipinski definition) is 4. The van der Waals surface area contributed by atoms with Crippen LogP contribution >= 0.6 is 0 Å². The first-order chi connectivity index (χ1) is 4.79. The summed E-state index contributed by atoms with van der Waals surface area (Å²) in [6.45, 7) is 0.811. The second-order valence-electron chi connectivity index (χ2n) is 2.72. The van der Waals surface area contributed by atoms with E-state index in [2.05, 4.69) is 0 Å². The quantitative estimate of drug-likeness (QED) is 0.437. The fraction of sp³-hybridized carbons (Fsp3) is 1.00. The molecule has 0 spiro atoms. The van der Waals surface area contributed by atoms with E-state index in [9.17, 15) is 10.2 Å². The van der Waals surface area contributed by atoms with E-state index in [1.807, 2.05) is 0 Å². The lowest BCUT2D eigenvalue weighted by molar-refractivity contribution is -0.265. The molecular formula is C6H10O4. The molecule has 10 heavy (non-hydrogen) atoms. The van der Waals surface area contributed by atoms with Crippen LogP contribution in [0.2, 0.25) is 0 Å². The van der Waals surface area contributed by atoms with Gasteiger partial charge in [-0.05, 0) is 0 Å². The zero-order valence-corrected chi connectivity index (χ0v) is 5.43. The lowest BCUT2D eigenvalue weighted by atomic mass is 9.97. The number of ether oxygens (including phenoxy) is 2. The summed E-state index contributed by atoms with van der Waals surface area (Å²) in [5.41, 5.74) is 0. The van der Waals surface area contributed by atoms with Crippen molar-refractivity contribution in [2.75, 3.05) is 13.2 Å². The van der Waals surface area contributed by atoms with Crippen molar-refractivity contribution in [2.24, 2.45) is 0 Å². The van der Waals surface area contributed by atoms with E-state index >= 15 is 0 Å². The van der Waals surface area contributed by atoms with Crippen LogP contribution in [-0.2, 0) is 9.47 Å². The number of aliphatic hydroxyl groups is 2. The van der Waals surface area contributed by atoms with Gasteiger partial charge >= 0.3 is 0 Å². The molecule has 3 saturated heterocycles. The third-order valence-corrected chi connectivity index (χ3v) is 2.06. The molecule has 0 unspecified atom stereocenters. The van der Waals surface area contributed by atoms with E-state index in [1.165, 1.54) is 0 Å². The minimum atomic E-state index is -0.757. The molecule has 2 N–H and O–H groups in total. The van der Waals surface area contributed by atoms with Gasteiger partial charge < -0.3 is 19.7 Å². The van der Waals surface area contributed by atoms with Crippen molar-refractivity contribution in [3.05, 3.63) is 0 Å². The summed E-state index contributed by atoms with van der Waals surface area (Å²) >= 11 is 0. The minimum absolute atomic E-state index is 0.319. The maximum absolute atomic E-state index is 9.21. The van der Waals surface area contributed by atoms with Crippen molar-refractivity contribution in [1.82, 2.24) is 0 Å². The second-order valence-corrected chi connectivity index (χ2v) is 2.72. The Kier molecular flexibility index (Phi) is 1.42. The average Bonchev–Trinajstić information content (AvgIpc) is 2.00. The molecule has 0 aliphatic carbocycles. The number of hydrogen-bond donors (Lipinski definition) is 2. The van der Waals surface area contributed by atoms with E-state index in [-0.39, 0.29) is 12.2 Å². The van der Waals surface area contributed by atoms with Gasteiger partial charge in [-0.2, -0.15) is 0 Å². The summed E-state index contributed by atoms with van der Waals surface area (Å²) in [5.74, 6) is 0. The van der Waals surface area contributed by atoms with Gasteiger partial charge in [0.15, 0.2) is 0 Å². The minimum Gasteiger partial charge on any atom is -0.388 e. The summed E-state index contributed by atoms with van der Waals surface area (Å²) < 4.78 is 10.2. The fourth-order valence-corrected chi connectivity index (χ4v) is 1.37. The van der Waals surface area contributed by atoms with Gasteiger partial charge in [0.1, 0.15) is 24.4 Å². The van der Waals surface area contributed by atoms with Gasteiger partial charge in [-0.25, -0.2) is 0 Å². The molecule has 2 bridgehead atoms. The van der Waals surface area contributed by atoms with Crippen molar-refractivity contribution in [3.8, 4) is 0 Å². The Balaban J connectivity index is 2.13. The van der Waals surface area contributed by atoms with Crippen molar-refractivity contribution < 1.29 is 19.7 Å². The van der Waals surface area contributed by atoms with Crippen LogP contribution < -0.4 is 0 Å². The Bertz CT molecular complexity index is 110. The monoisotopic (exact) mass is 146 g/mol. The highest BCUT2D eigenvalue weighted by Crippen LogP contribution is 2.23. The molecular weight excluding hydrogens is 136 g/mol. The first-order valence-electron chi connectivity index (χ1n) is 3.38. The van der Waals surface area contributed by atoms with Crippen molar-refractivity contribution >= 4 is 0 Å². The molecule has 3 aliphatic rings. The van der Waals surface area contributed by atoms with Crippen LogP contribution in [0.25, 0.3) is 0 Å². The van der Waals surface area contributed by atoms with Gasteiger partial charge in [-0.1, -0.05) is 0 Å². The van der Waals surface area contributed by atoms with Gasteiger partial charge in [0.05, 0.1) is 13.2 Å². The number of rotatable bonds is 0. The lowest BCUT2D eigenvalue weighted by Gasteiger charge is -2.43. The van der Waals surface area contributed by atoms with Gasteiger partial charge in [0, 0.05) is 0 Å². The third-order valence-electron chi connectivity index (χ3n) is 2.06. The Morgan fingerprint density at radius 1 is 0.900 bits per heavy atom. The van der Waals surface area contributed by atoms with Gasteiger partial charge in [0.2, 0.25) is 0 Å².